The molecule has 0 aliphatic rings. The molecule has 1 amide bonds. The molecule has 2 aromatic heterocycles. The number of anilines is 2. The zero-order valence-electron chi connectivity index (χ0n) is 19.3. The molecule has 0 bridgehead atoms. The zero-order valence-corrected chi connectivity index (χ0v) is 20.1. The quantitative estimate of drug-likeness (QED) is 0.233. The molecule has 0 aliphatic heterocycles. The first-order valence-electron chi connectivity index (χ1n) is 11.5. The normalized spacial score (nSPS) is 12.9. The maximum absolute atomic E-state index is 12.7. The Labute approximate surface area is 204 Å². The van der Waals surface area contributed by atoms with E-state index in [0.717, 1.165) is 35.7 Å². The molecule has 2 aromatic carbocycles. The highest BCUT2D eigenvalue weighted by Crippen LogP contribution is 2.32. The molecule has 0 saturated carbocycles. The SMILES string of the molecule is CC[C@@H](C[C@@H](CC)Nc1ncc(Cl)c(-c2c[nH]c3ccccc23)n1)NC(=O)c1ccc(N)cc1. The number of benzene rings is 2. The van der Waals surface area contributed by atoms with Crippen LogP contribution >= 0.6 is 11.6 Å². The van der Waals surface area contributed by atoms with Crippen LogP contribution in [0.5, 0.6) is 0 Å². The summed E-state index contributed by atoms with van der Waals surface area (Å²) >= 11 is 6.47. The van der Waals surface area contributed by atoms with E-state index in [0.29, 0.717) is 27.9 Å². The summed E-state index contributed by atoms with van der Waals surface area (Å²) in [5.41, 5.74) is 9.59. The summed E-state index contributed by atoms with van der Waals surface area (Å²) in [7, 11) is 0. The average molecular weight is 477 g/mol. The van der Waals surface area contributed by atoms with Gasteiger partial charge in [0.25, 0.3) is 5.91 Å². The van der Waals surface area contributed by atoms with Crippen LogP contribution in [0.4, 0.5) is 11.6 Å². The third-order valence-corrected chi connectivity index (χ3v) is 6.26. The second-order valence-corrected chi connectivity index (χ2v) is 8.73. The van der Waals surface area contributed by atoms with Crippen molar-refractivity contribution in [3.05, 3.63) is 71.5 Å². The summed E-state index contributed by atoms with van der Waals surface area (Å²) in [6.07, 6.45) is 5.94. The van der Waals surface area contributed by atoms with Gasteiger partial charge in [-0.25, -0.2) is 9.97 Å². The van der Waals surface area contributed by atoms with Crippen LogP contribution in [0.1, 0.15) is 43.5 Å². The molecular formula is C26H29ClN6O. The number of nitrogens with one attached hydrogen (secondary N) is 3. The molecule has 2 atom stereocenters. The van der Waals surface area contributed by atoms with Crippen LogP contribution in [0, 0.1) is 0 Å². The molecular weight excluding hydrogens is 448 g/mol. The van der Waals surface area contributed by atoms with Crippen LogP contribution in [-0.2, 0) is 0 Å². The number of nitrogens with zero attached hydrogens (tertiary/aromatic N) is 2. The van der Waals surface area contributed by atoms with Crippen molar-refractivity contribution in [3.63, 3.8) is 0 Å². The van der Waals surface area contributed by atoms with E-state index in [-0.39, 0.29) is 18.0 Å². The Hall–Kier alpha value is -3.58. The number of hydrogen-bond donors (Lipinski definition) is 4. The molecule has 0 fully saturated rings. The van der Waals surface area contributed by atoms with E-state index < -0.39 is 0 Å². The topological polar surface area (TPSA) is 109 Å². The van der Waals surface area contributed by atoms with Crippen molar-refractivity contribution in [2.75, 3.05) is 11.1 Å². The first kappa shape index (κ1) is 23.6. The van der Waals surface area contributed by atoms with Gasteiger partial charge in [0.2, 0.25) is 5.95 Å². The molecule has 0 radical (unpaired) electrons. The zero-order chi connectivity index (χ0) is 24.1. The van der Waals surface area contributed by atoms with Crippen LogP contribution in [0.3, 0.4) is 0 Å². The van der Waals surface area contributed by atoms with Gasteiger partial charge in [-0.2, -0.15) is 0 Å². The van der Waals surface area contributed by atoms with Crippen LogP contribution in [0.2, 0.25) is 5.02 Å². The Morgan fingerprint density at radius 3 is 2.56 bits per heavy atom. The Morgan fingerprint density at radius 2 is 1.82 bits per heavy atom. The minimum absolute atomic E-state index is 0.00268. The van der Waals surface area contributed by atoms with Gasteiger partial charge in [-0.3, -0.25) is 4.79 Å². The third kappa shape index (κ3) is 5.31. The van der Waals surface area contributed by atoms with E-state index in [1.807, 2.05) is 30.5 Å². The molecule has 0 unspecified atom stereocenters. The fourth-order valence-corrected chi connectivity index (χ4v) is 4.17. The van der Waals surface area contributed by atoms with Crippen molar-refractivity contribution in [1.29, 1.82) is 0 Å². The molecule has 4 aromatic rings. The van der Waals surface area contributed by atoms with Crippen molar-refractivity contribution in [2.45, 2.75) is 45.2 Å². The number of rotatable bonds is 9. The van der Waals surface area contributed by atoms with E-state index >= 15 is 0 Å². The Kier molecular flexibility index (Phi) is 7.33. The average Bonchev–Trinajstić information content (AvgIpc) is 3.28. The maximum atomic E-state index is 12.7. The molecule has 8 heteroatoms. The van der Waals surface area contributed by atoms with E-state index in [9.17, 15) is 4.79 Å². The molecule has 176 valence electrons. The smallest absolute Gasteiger partial charge is 0.251 e. The Balaban J connectivity index is 1.48. The number of fused-ring (bicyclic) bond motifs is 1. The van der Waals surface area contributed by atoms with Crippen molar-refractivity contribution in [1.82, 2.24) is 20.3 Å². The van der Waals surface area contributed by atoms with E-state index in [1.165, 1.54) is 0 Å². The number of aromatic amines is 1. The first-order chi connectivity index (χ1) is 16.5. The Morgan fingerprint density at radius 1 is 1.09 bits per heavy atom. The highest BCUT2D eigenvalue weighted by atomic mass is 35.5. The standard InChI is InChI=1S/C26H29ClN6O/c1-3-18(31-25(34)16-9-11-17(28)12-10-16)13-19(4-2)32-26-30-15-22(27)24(33-26)21-14-29-23-8-6-5-7-20(21)23/h5-12,14-15,18-19,29H,3-4,13,28H2,1-2H3,(H,31,34)(H,30,32,33)/t18-,19+/m0/s1. The van der Waals surface area contributed by atoms with Crippen molar-refractivity contribution in [3.8, 4) is 11.3 Å². The number of nitrogen functional groups attached to an aromatic ring is 1. The summed E-state index contributed by atoms with van der Waals surface area (Å²) in [6.45, 7) is 4.16. The van der Waals surface area contributed by atoms with Gasteiger partial charge in [-0.1, -0.05) is 43.6 Å². The van der Waals surface area contributed by atoms with Gasteiger partial charge in [0.1, 0.15) is 0 Å². The highest BCUT2D eigenvalue weighted by Gasteiger charge is 2.19. The largest absolute Gasteiger partial charge is 0.399 e. The number of para-hydroxylation sites is 1. The lowest BCUT2D eigenvalue weighted by Crippen LogP contribution is -2.38. The van der Waals surface area contributed by atoms with Gasteiger partial charge in [0, 0.05) is 46.0 Å². The number of hydrogen-bond acceptors (Lipinski definition) is 5. The molecule has 2 heterocycles. The second kappa shape index (κ2) is 10.6. The van der Waals surface area contributed by atoms with E-state index in [1.54, 1.807) is 30.5 Å². The predicted octanol–water partition coefficient (Wildman–Crippen LogP) is 5.65. The molecule has 5 N–H and O–H groups in total. The lowest BCUT2D eigenvalue weighted by molar-refractivity contribution is 0.0932. The van der Waals surface area contributed by atoms with Gasteiger partial charge in [0.15, 0.2) is 0 Å². The molecule has 0 saturated heterocycles. The number of H-pyrrole nitrogens is 1. The lowest BCUT2D eigenvalue weighted by Gasteiger charge is -2.24. The molecule has 0 aliphatic carbocycles. The molecule has 7 nitrogen and oxygen atoms in total. The van der Waals surface area contributed by atoms with Gasteiger partial charge in [-0.05, 0) is 49.6 Å². The van der Waals surface area contributed by atoms with Gasteiger partial charge in [-0.15, -0.1) is 0 Å². The van der Waals surface area contributed by atoms with Crippen molar-refractivity contribution in [2.24, 2.45) is 0 Å². The maximum Gasteiger partial charge on any atom is 0.251 e. The number of nitrogens with two attached hydrogens (primary N) is 1. The molecule has 0 spiro atoms. The van der Waals surface area contributed by atoms with Gasteiger partial charge < -0.3 is 21.4 Å². The van der Waals surface area contributed by atoms with E-state index in [4.69, 9.17) is 22.3 Å². The first-order valence-corrected chi connectivity index (χ1v) is 11.9. The fourth-order valence-electron chi connectivity index (χ4n) is 3.98. The number of carbonyl (C=O) groups excluding carboxylic acids is 1. The number of amides is 1. The van der Waals surface area contributed by atoms with Crippen LogP contribution < -0.4 is 16.4 Å². The summed E-state index contributed by atoms with van der Waals surface area (Å²) in [6, 6.07) is 15.0. The lowest BCUT2D eigenvalue weighted by atomic mass is 10.0. The van der Waals surface area contributed by atoms with Crippen LogP contribution in [0.15, 0.2) is 60.9 Å². The van der Waals surface area contributed by atoms with Crippen LogP contribution in [-0.4, -0.2) is 32.9 Å². The minimum Gasteiger partial charge on any atom is -0.399 e. The van der Waals surface area contributed by atoms with Gasteiger partial charge >= 0.3 is 0 Å². The summed E-state index contributed by atoms with van der Waals surface area (Å²) in [4.78, 5) is 25.1. The monoisotopic (exact) mass is 476 g/mol. The fraction of sp³-hybridized carbons (Fsp3) is 0.269. The summed E-state index contributed by atoms with van der Waals surface area (Å²) in [5, 5.41) is 8.11. The number of aromatic nitrogens is 3. The van der Waals surface area contributed by atoms with Gasteiger partial charge in [0.05, 0.1) is 16.9 Å². The summed E-state index contributed by atoms with van der Waals surface area (Å²) < 4.78 is 0. The predicted molar refractivity (Wildman–Crippen MR) is 139 cm³/mol. The number of carbonyl (C=O) groups is 1. The third-order valence-electron chi connectivity index (χ3n) is 5.98. The van der Waals surface area contributed by atoms with Crippen molar-refractivity contribution >= 4 is 40.0 Å². The summed E-state index contributed by atoms with van der Waals surface area (Å²) in [5.74, 6) is 0.405. The van der Waals surface area contributed by atoms with Crippen molar-refractivity contribution < 1.29 is 4.79 Å². The highest BCUT2D eigenvalue weighted by molar-refractivity contribution is 6.33. The van der Waals surface area contributed by atoms with Crippen LogP contribution in [0.25, 0.3) is 22.2 Å². The second-order valence-electron chi connectivity index (χ2n) is 8.32. The van der Waals surface area contributed by atoms with E-state index in [2.05, 4.69) is 34.4 Å². The molecule has 4 rings (SSSR count). The Bertz CT molecular complexity index is 1270. The minimum atomic E-state index is -0.105. The number of halogens is 1. The molecule has 34 heavy (non-hydrogen) atoms.